The van der Waals surface area contributed by atoms with Crippen LogP contribution in [0.4, 0.5) is 0 Å². The van der Waals surface area contributed by atoms with Gasteiger partial charge in [0.2, 0.25) is 0 Å². The van der Waals surface area contributed by atoms with Crippen LogP contribution in [0.25, 0.3) is 87.8 Å². The van der Waals surface area contributed by atoms with Crippen molar-refractivity contribution >= 4 is 53.9 Å². The highest BCUT2D eigenvalue weighted by atomic mass is 14.9. The predicted molar refractivity (Wildman–Crippen MR) is 175 cm³/mol. The topological polar surface area (TPSA) is 38.7 Å². The molecule has 9 aromatic rings. The monoisotopic (exact) mass is 533 g/mol. The van der Waals surface area contributed by atoms with Crippen LogP contribution in [0.5, 0.6) is 0 Å². The molecule has 42 heavy (non-hydrogen) atoms. The Hall–Kier alpha value is -5.67. The molecule has 194 valence electrons. The SMILES string of the molecule is c1cnc(-c2cc(-c3ccc4cc5ccccc5cc4c3)cc(-c3cc4ccc5cccc6ccc(c3)c4c56)n2)nc1. The number of hydrogen-bond acceptors (Lipinski definition) is 3. The molecule has 0 aliphatic carbocycles. The average Bonchev–Trinajstić information content (AvgIpc) is 3.06. The lowest BCUT2D eigenvalue weighted by molar-refractivity contribution is 1.14. The largest absolute Gasteiger partial charge is 0.244 e. The lowest BCUT2D eigenvalue weighted by atomic mass is 9.91. The first-order chi connectivity index (χ1) is 20.8. The minimum Gasteiger partial charge on any atom is -0.244 e. The molecule has 0 unspecified atom stereocenters. The fourth-order valence-electron chi connectivity index (χ4n) is 6.41. The van der Waals surface area contributed by atoms with Crippen LogP contribution in [0.15, 0.2) is 140 Å². The molecule has 0 fully saturated rings. The summed E-state index contributed by atoms with van der Waals surface area (Å²) in [6, 6.07) is 45.8. The van der Waals surface area contributed by atoms with Crippen molar-refractivity contribution in [3.63, 3.8) is 0 Å². The number of rotatable bonds is 3. The first kappa shape index (κ1) is 23.1. The number of pyridine rings is 1. The van der Waals surface area contributed by atoms with Gasteiger partial charge >= 0.3 is 0 Å². The fraction of sp³-hybridized carbons (Fsp3) is 0. The minimum absolute atomic E-state index is 0.616. The third kappa shape index (κ3) is 3.64. The van der Waals surface area contributed by atoms with Gasteiger partial charge in [-0.3, -0.25) is 0 Å². The maximum atomic E-state index is 5.11. The second kappa shape index (κ2) is 8.92. The minimum atomic E-state index is 0.616. The van der Waals surface area contributed by atoms with Crippen molar-refractivity contribution in [1.82, 2.24) is 15.0 Å². The molecule has 0 aliphatic rings. The zero-order valence-electron chi connectivity index (χ0n) is 22.6. The maximum Gasteiger partial charge on any atom is 0.178 e. The molecule has 7 aromatic carbocycles. The summed E-state index contributed by atoms with van der Waals surface area (Å²) in [4.78, 5) is 14.2. The summed E-state index contributed by atoms with van der Waals surface area (Å²) in [5, 5.41) is 12.5. The molecule has 0 radical (unpaired) electrons. The van der Waals surface area contributed by atoms with Crippen molar-refractivity contribution in [2.45, 2.75) is 0 Å². The van der Waals surface area contributed by atoms with E-state index in [1.54, 1.807) is 12.4 Å². The molecule has 2 heterocycles. The molecule has 0 amide bonds. The molecular weight excluding hydrogens is 510 g/mol. The van der Waals surface area contributed by atoms with Gasteiger partial charge in [0.25, 0.3) is 0 Å². The number of nitrogens with zero attached hydrogens (tertiary/aromatic N) is 3. The Morgan fingerprint density at radius 2 is 0.881 bits per heavy atom. The van der Waals surface area contributed by atoms with Gasteiger partial charge in [0, 0.05) is 18.0 Å². The Labute approximate surface area is 242 Å². The van der Waals surface area contributed by atoms with E-state index in [1.165, 1.54) is 53.9 Å². The van der Waals surface area contributed by atoms with E-state index < -0.39 is 0 Å². The van der Waals surface area contributed by atoms with Crippen LogP contribution in [-0.2, 0) is 0 Å². The lowest BCUT2D eigenvalue weighted by Crippen LogP contribution is -1.95. The van der Waals surface area contributed by atoms with E-state index in [1.807, 2.05) is 6.07 Å². The molecule has 0 bridgehead atoms. The Bertz CT molecular complexity index is 2400. The van der Waals surface area contributed by atoms with E-state index in [9.17, 15) is 0 Å². The van der Waals surface area contributed by atoms with Crippen molar-refractivity contribution in [1.29, 1.82) is 0 Å². The molecule has 9 rings (SSSR count). The Balaban J connectivity index is 1.27. The molecule has 0 atom stereocenters. The van der Waals surface area contributed by atoms with Crippen molar-refractivity contribution < 1.29 is 0 Å². The van der Waals surface area contributed by atoms with E-state index in [0.717, 1.165) is 28.1 Å². The number of fused-ring (bicyclic) bond motifs is 2. The molecular formula is C39H23N3. The smallest absolute Gasteiger partial charge is 0.178 e. The maximum absolute atomic E-state index is 5.11. The Morgan fingerprint density at radius 1 is 0.333 bits per heavy atom. The van der Waals surface area contributed by atoms with Gasteiger partial charge in [-0.05, 0) is 114 Å². The Morgan fingerprint density at radius 3 is 1.62 bits per heavy atom. The number of benzene rings is 7. The van der Waals surface area contributed by atoms with Gasteiger partial charge in [0.1, 0.15) is 5.69 Å². The fourth-order valence-corrected chi connectivity index (χ4v) is 6.41. The normalized spacial score (nSPS) is 11.8. The predicted octanol–water partition coefficient (Wildman–Crippen LogP) is 10.1. The highest BCUT2D eigenvalue weighted by Gasteiger charge is 2.14. The third-order valence-corrected chi connectivity index (χ3v) is 8.42. The van der Waals surface area contributed by atoms with Crippen LogP contribution >= 0.6 is 0 Å². The molecule has 3 nitrogen and oxygen atoms in total. The van der Waals surface area contributed by atoms with Gasteiger partial charge in [-0.25, -0.2) is 15.0 Å². The van der Waals surface area contributed by atoms with Crippen LogP contribution in [0.3, 0.4) is 0 Å². The van der Waals surface area contributed by atoms with Gasteiger partial charge in [0.15, 0.2) is 5.82 Å². The quantitative estimate of drug-likeness (QED) is 0.167. The second-order valence-corrected chi connectivity index (χ2v) is 11.0. The van der Waals surface area contributed by atoms with Crippen molar-refractivity contribution in [3.05, 3.63) is 140 Å². The number of hydrogen-bond donors (Lipinski definition) is 0. The molecule has 0 saturated heterocycles. The molecule has 0 saturated carbocycles. The van der Waals surface area contributed by atoms with Crippen molar-refractivity contribution in [2.75, 3.05) is 0 Å². The molecule has 0 spiro atoms. The van der Waals surface area contributed by atoms with E-state index in [2.05, 4.69) is 131 Å². The third-order valence-electron chi connectivity index (χ3n) is 8.42. The summed E-state index contributed by atoms with van der Waals surface area (Å²) in [5.41, 5.74) is 4.96. The molecule has 0 aliphatic heterocycles. The van der Waals surface area contributed by atoms with Gasteiger partial charge < -0.3 is 0 Å². The van der Waals surface area contributed by atoms with Gasteiger partial charge in [-0.15, -0.1) is 0 Å². The first-order valence-corrected chi connectivity index (χ1v) is 14.2. The van der Waals surface area contributed by atoms with E-state index >= 15 is 0 Å². The van der Waals surface area contributed by atoms with Crippen LogP contribution in [0, 0.1) is 0 Å². The molecule has 3 heteroatoms. The van der Waals surface area contributed by atoms with E-state index in [0.29, 0.717) is 5.82 Å². The zero-order chi connectivity index (χ0) is 27.6. The van der Waals surface area contributed by atoms with Crippen molar-refractivity contribution in [2.24, 2.45) is 0 Å². The van der Waals surface area contributed by atoms with Gasteiger partial charge in [0.05, 0.1) is 5.69 Å². The highest BCUT2D eigenvalue weighted by Crippen LogP contribution is 2.38. The lowest BCUT2D eigenvalue weighted by Gasteiger charge is -2.14. The van der Waals surface area contributed by atoms with Crippen LogP contribution in [0.2, 0.25) is 0 Å². The summed E-state index contributed by atoms with van der Waals surface area (Å²) in [6.07, 6.45) is 3.54. The Kier molecular flexibility index (Phi) is 4.90. The summed E-state index contributed by atoms with van der Waals surface area (Å²) in [7, 11) is 0. The van der Waals surface area contributed by atoms with Crippen LogP contribution in [-0.4, -0.2) is 15.0 Å². The summed E-state index contributed by atoms with van der Waals surface area (Å²) >= 11 is 0. The zero-order valence-corrected chi connectivity index (χ0v) is 22.6. The van der Waals surface area contributed by atoms with Crippen LogP contribution in [0.1, 0.15) is 0 Å². The van der Waals surface area contributed by atoms with E-state index in [-0.39, 0.29) is 0 Å². The van der Waals surface area contributed by atoms with E-state index in [4.69, 9.17) is 4.98 Å². The summed E-state index contributed by atoms with van der Waals surface area (Å²) in [5.74, 6) is 0.616. The highest BCUT2D eigenvalue weighted by molar-refractivity contribution is 6.23. The molecule has 2 aromatic heterocycles. The number of aromatic nitrogens is 3. The van der Waals surface area contributed by atoms with Crippen LogP contribution < -0.4 is 0 Å². The second-order valence-electron chi connectivity index (χ2n) is 11.0. The first-order valence-electron chi connectivity index (χ1n) is 14.2. The van der Waals surface area contributed by atoms with Gasteiger partial charge in [-0.2, -0.15) is 0 Å². The average molecular weight is 534 g/mol. The van der Waals surface area contributed by atoms with Crippen molar-refractivity contribution in [3.8, 4) is 33.9 Å². The molecule has 0 N–H and O–H groups in total. The standard InChI is InChI=1S/C39H23N3/c1-2-6-27-18-32-19-29(12-11-28(32)17-26(27)5-1)33-22-35(42-36(23-33)39-40-15-4-16-41-39)34-20-30-13-9-24-7-3-8-25-10-14-31(21-34)38(30)37(24)25/h1-23H. The summed E-state index contributed by atoms with van der Waals surface area (Å²) < 4.78 is 0. The van der Waals surface area contributed by atoms with Gasteiger partial charge in [-0.1, -0.05) is 78.9 Å². The summed E-state index contributed by atoms with van der Waals surface area (Å²) in [6.45, 7) is 0.